The molecule has 7 nitrogen and oxygen atoms in total. The fourth-order valence-corrected chi connectivity index (χ4v) is 2.45. The number of alkyl carbamates (subject to hydrolysis) is 1. The van der Waals surface area contributed by atoms with Gasteiger partial charge in [0.25, 0.3) is 0 Å². The molecule has 2 amide bonds. The Hall–Kier alpha value is -3.22. The van der Waals surface area contributed by atoms with Gasteiger partial charge in [0.05, 0.1) is 0 Å². The zero-order valence-corrected chi connectivity index (χ0v) is 16.6. The van der Waals surface area contributed by atoms with Gasteiger partial charge in [-0.25, -0.2) is 4.79 Å². The summed E-state index contributed by atoms with van der Waals surface area (Å²) in [6.45, 7) is 5.53. The van der Waals surface area contributed by atoms with Crippen LogP contribution < -0.4 is 5.32 Å². The van der Waals surface area contributed by atoms with E-state index in [-0.39, 0.29) is 12.5 Å². The molecule has 0 spiro atoms. The topological polar surface area (TPSA) is 88.6 Å². The first kappa shape index (κ1) is 21.1. The summed E-state index contributed by atoms with van der Waals surface area (Å²) in [6, 6.07) is 11.2. The summed E-state index contributed by atoms with van der Waals surface area (Å²) in [7, 11) is 1.67. The number of pyridine rings is 1. The summed E-state index contributed by atoms with van der Waals surface area (Å²) < 4.78 is 5.12. The highest BCUT2D eigenvalue weighted by molar-refractivity contribution is 5.82. The van der Waals surface area contributed by atoms with E-state index in [4.69, 9.17) is 4.74 Å². The van der Waals surface area contributed by atoms with E-state index < -0.39 is 11.7 Å². The van der Waals surface area contributed by atoms with Gasteiger partial charge in [0.15, 0.2) is 6.29 Å². The highest BCUT2D eigenvalue weighted by atomic mass is 16.6. The second-order valence-electron chi connectivity index (χ2n) is 7.40. The van der Waals surface area contributed by atoms with Crippen molar-refractivity contribution in [2.24, 2.45) is 0 Å². The summed E-state index contributed by atoms with van der Waals surface area (Å²) >= 11 is 0. The Morgan fingerprint density at radius 2 is 1.93 bits per heavy atom. The Bertz CT molecular complexity index is 841. The molecule has 0 radical (unpaired) electrons. The normalized spacial score (nSPS) is 10.9. The molecule has 1 heterocycles. The number of hydrogen-bond acceptors (Lipinski definition) is 5. The number of likely N-dealkylation sites (N-methyl/N-ethyl adjacent to an activating group) is 1. The molecule has 2 rings (SSSR count). The summed E-state index contributed by atoms with van der Waals surface area (Å²) in [5.74, 6) is -0.228. The zero-order valence-electron chi connectivity index (χ0n) is 16.6. The lowest BCUT2D eigenvalue weighted by atomic mass is 10.0. The summed E-state index contributed by atoms with van der Waals surface area (Å²) in [5.41, 5.74) is 2.52. The van der Waals surface area contributed by atoms with E-state index in [2.05, 4.69) is 10.3 Å². The average molecular weight is 383 g/mol. The van der Waals surface area contributed by atoms with Crippen LogP contribution in [-0.4, -0.2) is 47.4 Å². The number of benzene rings is 1. The lowest BCUT2D eigenvalue weighted by Crippen LogP contribution is -2.40. The molecule has 7 heteroatoms. The van der Waals surface area contributed by atoms with Gasteiger partial charge in [-0.15, -0.1) is 0 Å². The largest absolute Gasteiger partial charge is 0.444 e. The number of carbonyl (C=O) groups excluding carboxylic acids is 3. The molecule has 0 saturated heterocycles. The average Bonchev–Trinajstić information content (AvgIpc) is 2.65. The molecule has 2 aromatic rings. The van der Waals surface area contributed by atoms with Crippen LogP contribution in [-0.2, 0) is 16.1 Å². The molecule has 0 fully saturated rings. The molecule has 0 aliphatic heterocycles. The Morgan fingerprint density at radius 1 is 1.18 bits per heavy atom. The van der Waals surface area contributed by atoms with Gasteiger partial charge < -0.3 is 15.0 Å². The number of hydrogen-bond donors (Lipinski definition) is 1. The molecule has 1 aromatic carbocycles. The standard InChI is InChI=1S/C21H25N3O4/c1-21(2,3)28-20(27)23-12-19(26)24(4)13-15-6-5-7-16(10-15)17-8-9-18(14-25)22-11-17/h5-11,14H,12-13H2,1-4H3,(H,23,27). The van der Waals surface area contributed by atoms with Crippen molar-refractivity contribution in [3.8, 4) is 11.1 Å². The van der Waals surface area contributed by atoms with E-state index >= 15 is 0 Å². The molecule has 28 heavy (non-hydrogen) atoms. The van der Waals surface area contributed by atoms with Crippen LogP contribution in [0.4, 0.5) is 4.79 Å². The minimum absolute atomic E-state index is 0.137. The van der Waals surface area contributed by atoms with E-state index in [0.717, 1.165) is 16.7 Å². The summed E-state index contributed by atoms with van der Waals surface area (Å²) in [6.07, 6.45) is 1.72. The molecule has 0 unspecified atom stereocenters. The third kappa shape index (κ3) is 6.50. The Labute approximate surface area is 164 Å². The van der Waals surface area contributed by atoms with Crippen LogP contribution in [0.15, 0.2) is 42.6 Å². The Kier molecular flexibility index (Phi) is 6.87. The van der Waals surface area contributed by atoms with Crippen molar-refractivity contribution in [2.45, 2.75) is 32.9 Å². The van der Waals surface area contributed by atoms with Gasteiger partial charge in [-0.05, 0) is 44.0 Å². The van der Waals surface area contributed by atoms with Crippen LogP contribution in [0.2, 0.25) is 0 Å². The quantitative estimate of drug-likeness (QED) is 0.775. The highest BCUT2D eigenvalue weighted by Crippen LogP contribution is 2.20. The van der Waals surface area contributed by atoms with Crippen molar-refractivity contribution in [1.29, 1.82) is 0 Å². The van der Waals surface area contributed by atoms with Crippen molar-refractivity contribution < 1.29 is 19.1 Å². The van der Waals surface area contributed by atoms with Gasteiger partial charge in [-0.3, -0.25) is 14.6 Å². The Balaban J connectivity index is 1.96. The third-order valence-corrected chi connectivity index (χ3v) is 3.80. The lowest BCUT2D eigenvalue weighted by Gasteiger charge is -2.21. The molecular weight excluding hydrogens is 358 g/mol. The second-order valence-corrected chi connectivity index (χ2v) is 7.40. The fourth-order valence-electron chi connectivity index (χ4n) is 2.45. The van der Waals surface area contributed by atoms with E-state index in [1.807, 2.05) is 30.3 Å². The number of nitrogens with one attached hydrogen (secondary N) is 1. The molecule has 1 N–H and O–H groups in total. The van der Waals surface area contributed by atoms with Gasteiger partial charge in [-0.2, -0.15) is 0 Å². The van der Waals surface area contributed by atoms with Crippen LogP contribution in [0.25, 0.3) is 11.1 Å². The van der Waals surface area contributed by atoms with E-state index in [1.54, 1.807) is 40.1 Å². The van der Waals surface area contributed by atoms with Gasteiger partial charge >= 0.3 is 6.09 Å². The molecular formula is C21H25N3O4. The van der Waals surface area contributed by atoms with Crippen LogP contribution in [0, 0.1) is 0 Å². The van der Waals surface area contributed by atoms with Crippen molar-refractivity contribution in [1.82, 2.24) is 15.2 Å². The first-order valence-corrected chi connectivity index (χ1v) is 8.89. The fraction of sp³-hybridized carbons (Fsp3) is 0.333. The minimum Gasteiger partial charge on any atom is -0.444 e. The maximum Gasteiger partial charge on any atom is 0.408 e. The number of aldehydes is 1. The predicted octanol–water partition coefficient (Wildman–Crippen LogP) is 3.04. The van der Waals surface area contributed by atoms with Gasteiger partial charge in [0.1, 0.15) is 17.8 Å². The highest BCUT2D eigenvalue weighted by Gasteiger charge is 2.17. The van der Waals surface area contributed by atoms with Crippen molar-refractivity contribution >= 4 is 18.3 Å². The van der Waals surface area contributed by atoms with Crippen LogP contribution >= 0.6 is 0 Å². The lowest BCUT2D eigenvalue weighted by molar-refractivity contribution is -0.129. The molecule has 0 aliphatic rings. The van der Waals surface area contributed by atoms with E-state index in [0.29, 0.717) is 18.5 Å². The van der Waals surface area contributed by atoms with Gasteiger partial charge in [-0.1, -0.05) is 24.3 Å². The third-order valence-electron chi connectivity index (χ3n) is 3.80. The number of carbonyl (C=O) groups is 3. The minimum atomic E-state index is -0.623. The van der Waals surface area contributed by atoms with Crippen LogP contribution in [0.1, 0.15) is 36.8 Å². The zero-order chi connectivity index (χ0) is 20.7. The first-order chi connectivity index (χ1) is 13.2. The summed E-state index contributed by atoms with van der Waals surface area (Å²) in [4.78, 5) is 40.2. The smallest absolute Gasteiger partial charge is 0.408 e. The maximum atomic E-state index is 12.3. The molecule has 0 atom stereocenters. The number of amides is 2. The SMILES string of the molecule is CN(Cc1cccc(-c2ccc(C=O)nc2)c1)C(=O)CNC(=O)OC(C)(C)C. The number of aromatic nitrogens is 1. The van der Waals surface area contributed by atoms with Crippen molar-refractivity contribution in [2.75, 3.05) is 13.6 Å². The van der Waals surface area contributed by atoms with Crippen molar-refractivity contribution in [3.63, 3.8) is 0 Å². The van der Waals surface area contributed by atoms with Gasteiger partial charge in [0.2, 0.25) is 5.91 Å². The first-order valence-electron chi connectivity index (χ1n) is 8.89. The van der Waals surface area contributed by atoms with Crippen LogP contribution in [0.3, 0.4) is 0 Å². The predicted molar refractivity (Wildman–Crippen MR) is 106 cm³/mol. The number of rotatable bonds is 6. The summed E-state index contributed by atoms with van der Waals surface area (Å²) in [5, 5.41) is 2.46. The van der Waals surface area contributed by atoms with E-state index in [1.165, 1.54) is 4.90 Å². The van der Waals surface area contributed by atoms with Crippen molar-refractivity contribution in [3.05, 3.63) is 53.9 Å². The van der Waals surface area contributed by atoms with Gasteiger partial charge in [0, 0.05) is 25.4 Å². The van der Waals surface area contributed by atoms with E-state index in [9.17, 15) is 14.4 Å². The maximum absolute atomic E-state index is 12.3. The van der Waals surface area contributed by atoms with Crippen LogP contribution in [0.5, 0.6) is 0 Å². The number of ether oxygens (including phenoxy) is 1. The Morgan fingerprint density at radius 3 is 2.54 bits per heavy atom. The monoisotopic (exact) mass is 383 g/mol. The molecule has 1 aromatic heterocycles. The molecule has 0 saturated carbocycles. The molecule has 0 bridgehead atoms. The molecule has 148 valence electrons. The number of nitrogens with zero attached hydrogens (tertiary/aromatic N) is 2. The second kappa shape index (κ2) is 9.12. The molecule has 0 aliphatic carbocycles.